The highest BCUT2D eigenvalue weighted by atomic mass is 16.5. The summed E-state index contributed by atoms with van der Waals surface area (Å²) in [6.45, 7) is 15.1. The molecule has 1 aliphatic heterocycles. The van der Waals surface area contributed by atoms with Crippen LogP contribution in [0.1, 0.15) is 40.5 Å². The zero-order chi connectivity index (χ0) is 15.2. The highest BCUT2D eigenvalue weighted by Gasteiger charge is 2.39. The molecular formula is C16H35N3O. The van der Waals surface area contributed by atoms with Crippen LogP contribution in [-0.4, -0.2) is 67.8 Å². The minimum absolute atomic E-state index is 0.175. The van der Waals surface area contributed by atoms with E-state index in [0.717, 1.165) is 39.3 Å². The predicted molar refractivity (Wildman–Crippen MR) is 86.0 cm³/mol. The lowest BCUT2D eigenvalue weighted by atomic mass is 9.84. The molecule has 1 aliphatic rings. The summed E-state index contributed by atoms with van der Waals surface area (Å²) in [7, 11) is 1.78. The van der Waals surface area contributed by atoms with E-state index in [1.807, 2.05) is 0 Å². The van der Waals surface area contributed by atoms with Gasteiger partial charge in [0.05, 0.1) is 6.61 Å². The first kappa shape index (κ1) is 17.9. The summed E-state index contributed by atoms with van der Waals surface area (Å²) < 4.78 is 5.30. The lowest BCUT2D eigenvalue weighted by Crippen LogP contribution is -2.61. The molecule has 0 aromatic heterocycles. The van der Waals surface area contributed by atoms with Crippen molar-refractivity contribution in [2.45, 2.75) is 52.1 Å². The third-order valence-corrected chi connectivity index (χ3v) is 4.66. The molecule has 0 aromatic carbocycles. The lowest BCUT2D eigenvalue weighted by Gasteiger charge is -2.50. The Morgan fingerprint density at radius 3 is 2.20 bits per heavy atom. The zero-order valence-electron chi connectivity index (χ0n) is 14.2. The van der Waals surface area contributed by atoms with E-state index in [-0.39, 0.29) is 5.54 Å². The smallest absolute Gasteiger partial charge is 0.0589 e. The Morgan fingerprint density at radius 2 is 1.80 bits per heavy atom. The van der Waals surface area contributed by atoms with Crippen molar-refractivity contribution >= 4 is 0 Å². The maximum Gasteiger partial charge on any atom is 0.0589 e. The fourth-order valence-corrected chi connectivity index (χ4v) is 3.27. The van der Waals surface area contributed by atoms with Crippen molar-refractivity contribution in [2.75, 3.05) is 46.4 Å². The lowest BCUT2D eigenvalue weighted by molar-refractivity contribution is -0.00236. The first-order chi connectivity index (χ1) is 9.45. The Labute approximate surface area is 125 Å². The second-order valence-electron chi connectivity index (χ2n) is 6.89. The van der Waals surface area contributed by atoms with E-state index in [9.17, 15) is 0 Å². The number of nitrogens with two attached hydrogens (primary N) is 1. The number of likely N-dealkylation sites (tertiary alicyclic amines) is 1. The number of piperidine rings is 1. The van der Waals surface area contributed by atoms with E-state index in [4.69, 9.17) is 10.5 Å². The molecule has 0 bridgehead atoms. The molecule has 0 aromatic rings. The maximum absolute atomic E-state index is 6.21. The third kappa shape index (κ3) is 4.69. The van der Waals surface area contributed by atoms with Gasteiger partial charge < -0.3 is 15.4 Å². The maximum atomic E-state index is 6.21. The van der Waals surface area contributed by atoms with Gasteiger partial charge >= 0.3 is 0 Å². The number of hydrogen-bond donors (Lipinski definition) is 1. The number of nitrogens with zero attached hydrogens (tertiary/aromatic N) is 2. The van der Waals surface area contributed by atoms with Crippen molar-refractivity contribution in [3.63, 3.8) is 0 Å². The van der Waals surface area contributed by atoms with Crippen LogP contribution in [0, 0.1) is 5.92 Å². The minimum atomic E-state index is 0.175. The van der Waals surface area contributed by atoms with Gasteiger partial charge in [-0.3, -0.25) is 4.90 Å². The molecule has 2 N–H and O–H groups in total. The van der Waals surface area contributed by atoms with Gasteiger partial charge in [0.25, 0.3) is 0 Å². The van der Waals surface area contributed by atoms with Gasteiger partial charge in [0, 0.05) is 51.4 Å². The fraction of sp³-hybridized carbons (Fsp3) is 1.00. The molecule has 20 heavy (non-hydrogen) atoms. The van der Waals surface area contributed by atoms with Crippen molar-refractivity contribution < 1.29 is 4.74 Å². The number of rotatable bonds is 8. The molecule has 1 heterocycles. The topological polar surface area (TPSA) is 41.7 Å². The van der Waals surface area contributed by atoms with Crippen LogP contribution in [0.2, 0.25) is 0 Å². The van der Waals surface area contributed by atoms with Gasteiger partial charge in [-0.2, -0.15) is 0 Å². The molecule has 0 spiro atoms. The van der Waals surface area contributed by atoms with E-state index in [2.05, 4.69) is 37.5 Å². The molecule has 0 saturated carbocycles. The van der Waals surface area contributed by atoms with Crippen LogP contribution in [0.5, 0.6) is 0 Å². The molecule has 1 rings (SSSR count). The van der Waals surface area contributed by atoms with Gasteiger partial charge in [-0.05, 0) is 32.6 Å². The van der Waals surface area contributed by atoms with Crippen molar-refractivity contribution in [3.8, 4) is 0 Å². The zero-order valence-corrected chi connectivity index (χ0v) is 14.2. The van der Waals surface area contributed by atoms with Crippen LogP contribution in [0.25, 0.3) is 0 Å². The average molecular weight is 285 g/mol. The number of ether oxygens (including phenoxy) is 1. The summed E-state index contributed by atoms with van der Waals surface area (Å²) in [5, 5.41) is 0. The third-order valence-electron chi connectivity index (χ3n) is 4.66. The standard InChI is InChI=1S/C16H35N3O/c1-14(2)12-19(10-11-20-5)16(13-17)6-8-18(9-7-16)15(3)4/h14-15H,6-13,17H2,1-5H3. The predicted octanol–water partition coefficient (Wildman–Crippen LogP) is 1.79. The molecule has 0 atom stereocenters. The molecule has 120 valence electrons. The Balaban J connectivity index is 2.73. The molecular weight excluding hydrogens is 250 g/mol. The van der Waals surface area contributed by atoms with Crippen molar-refractivity contribution in [1.29, 1.82) is 0 Å². The summed E-state index contributed by atoms with van der Waals surface area (Å²) in [6.07, 6.45) is 2.36. The van der Waals surface area contributed by atoms with Crippen LogP contribution in [-0.2, 0) is 4.74 Å². The SMILES string of the molecule is COCCN(CC(C)C)C1(CN)CCN(C(C)C)CC1. The second-order valence-corrected chi connectivity index (χ2v) is 6.89. The molecule has 4 heteroatoms. The van der Waals surface area contributed by atoms with Gasteiger partial charge in [-0.15, -0.1) is 0 Å². The Kier molecular flexibility index (Phi) is 7.45. The Morgan fingerprint density at radius 1 is 1.20 bits per heavy atom. The van der Waals surface area contributed by atoms with Gasteiger partial charge in [0.15, 0.2) is 0 Å². The molecule has 0 radical (unpaired) electrons. The van der Waals surface area contributed by atoms with Gasteiger partial charge in [0.1, 0.15) is 0 Å². The van der Waals surface area contributed by atoms with E-state index in [0.29, 0.717) is 12.0 Å². The molecule has 0 aliphatic carbocycles. The van der Waals surface area contributed by atoms with Crippen molar-refractivity contribution in [1.82, 2.24) is 9.80 Å². The highest BCUT2D eigenvalue weighted by molar-refractivity contribution is 4.97. The summed E-state index contributed by atoms with van der Waals surface area (Å²) in [5.74, 6) is 0.665. The van der Waals surface area contributed by atoms with Crippen LogP contribution in [0.4, 0.5) is 0 Å². The Bertz CT molecular complexity index is 260. The van der Waals surface area contributed by atoms with Crippen LogP contribution < -0.4 is 5.73 Å². The molecule has 0 amide bonds. The average Bonchev–Trinajstić information content (AvgIpc) is 2.43. The number of hydrogen-bond acceptors (Lipinski definition) is 4. The van der Waals surface area contributed by atoms with E-state index in [1.54, 1.807) is 7.11 Å². The molecule has 1 saturated heterocycles. The van der Waals surface area contributed by atoms with Crippen LogP contribution in [0.3, 0.4) is 0 Å². The van der Waals surface area contributed by atoms with Gasteiger partial charge in [-0.25, -0.2) is 0 Å². The second kappa shape index (κ2) is 8.32. The van der Waals surface area contributed by atoms with Gasteiger partial charge in [0.2, 0.25) is 0 Å². The van der Waals surface area contributed by atoms with E-state index in [1.165, 1.54) is 12.8 Å². The normalized spacial score (nSPS) is 20.2. The first-order valence-corrected chi connectivity index (χ1v) is 8.13. The quantitative estimate of drug-likeness (QED) is 0.738. The van der Waals surface area contributed by atoms with Crippen molar-refractivity contribution in [3.05, 3.63) is 0 Å². The van der Waals surface area contributed by atoms with Crippen LogP contribution in [0.15, 0.2) is 0 Å². The highest BCUT2D eigenvalue weighted by Crippen LogP contribution is 2.29. The largest absolute Gasteiger partial charge is 0.383 e. The minimum Gasteiger partial charge on any atom is -0.383 e. The first-order valence-electron chi connectivity index (χ1n) is 8.13. The summed E-state index contributed by atoms with van der Waals surface area (Å²) >= 11 is 0. The molecule has 1 fully saturated rings. The van der Waals surface area contributed by atoms with E-state index < -0.39 is 0 Å². The molecule has 0 unspecified atom stereocenters. The summed E-state index contributed by atoms with van der Waals surface area (Å²) in [4.78, 5) is 5.16. The number of methoxy groups -OCH3 is 1. The summed E-state index contributed by atoms with van der Waals surface area (Å²) in [5.41, 5.74) is 6.38. The van der Waals surface area contributed by atoms with Crippen molar-refractivity contribution in [2.24, 2.45) is 11.7 Å². The van der Waals surface area contributed by atoms with E-state index >= 15 is 0 Å². The monoisotopic (exact) mass is 285 g/mol. The fourth-order valence-electron chi connectivity index (χ4n) is 3.27. The van der Waals surface area contributed by atoms with Crippen LogP contribution >= 0.6 is 0 Å². The van der Waals surface area contributed by atoms with Gasteiger partial charge in [-0.1, -0.05) is 13.8 Å². The Hall–Kier alpha value is -0.160. The summed E-state index contributed by atoms with van der Waals surface area (Å²) in [6, 6.07) is 0.642. The molecule has 4 nitrogen and oxygen atoms in total.